The van der Waals surface area contributed by atoms with Gasteiger partial charge in [-0.15, -0.1) is 0 Å². The van der Waals surface area contributed by atoms with Gasteiger partial charge < -0.3 is 15.9 Å². The first-order valence-electron chi connectivity index (χ1n) is 6.28. The zero-order valence-electron chi connectivity index (χ0n) is 10.5. The van der Waals surface area contributed by atoms with Gasteiger partial charge in [0.05, 0.1) is 12.1 Å². The van der Waals surface area contributed by atoms with Crippen LogP contribution in [0, 0.1) is 0 Å². The van der Waals surface area contributed by atoms with Crippen LogP contribution >= 0.6 is 0 Å². The summed E-state index contributed by atoms with van der Waals surface area (Å²) in [5.74, 6) is 0.255. The van der Waals surface area contributed by atoms with Crippen molar-refractivity contribution in [2.24, 2.45) is 5.73 Å². The smallest absolute Gasteiger partial charge is 0.116 e. The normalized spacial score (nSPS) is 14.6. The highest BCUT2D eigenvalue weighted by molar-refractivity contribution is 5.84. The number of aliphatic hydroxyl groups excluding tert-OH is 1. The van der Waals surface area contributed by atoms with Crippen molar-refractivity contribution in [3.05, 3.63) is 42.0 Å². The number of phenolic OH excluding ortho intramolecular Hbond substituents is 1. The minimum absolute atomic E-state index is 0.255. The van der Waals surface area contributed by atoms with Gasteiger partial charge in [0.1, 0.15) is 5.75 Å². The van der Waals surface area contributed by atoms with Gasteiger partial charge in [0, 0.05) is 0 Å². The van der Waals surface area contributed by atoms with Gasteiger partial charge in [-0.25, -0.2) is 0 Å². The summed E-state index contributed by atoms with van der Waals surface area (Å²) in [5.41, 5.74) is 6.97. The van der Waals surface area contributed by atoms with Gasteiger partial charge in [-0.1, -0.05) is 31.5 Å². The first kappa shape index (κ1) is 12.9. The minimum Gasteiger partial charge on any atom is -0.508 e. The fraction of sp³-hybridized carbons (Fsp3) is 0.333. The molecule has 2 aromatic rings. The van der Waals surface area contributed by atoms with Crippen LogP contribution in [0.4, 0.5) is 0 Å². The van der Waals surface area contributed by atoms with E-state index in [1.165, 1.54) is 0 Å². The van der Waals surface area contributed by atoms with Crippen molar-refractivity contribution in [3.8, 4) is 5.75 Å². The van der Waals surface area contributed by atoms with Crippen molar-refractivity contribution < 1.29 is 10.2 Å². The van der Waals surface area contributed by atoms with Crippen LogP contribution in [-0.2, 0) is 0 Å². The number of rotatable bonds is 4. The van der Waals surface area contributed by atoms with Crippen LogP contribution in [0.1, 0.15) is 31.4 Å². The van der Waals surface area contributed by atoms with E-state index < -0.39 is 6.10 Å². The summed E-state index contributed by atoms with van der Waals surface area (Å²) in [6.45, 7) is 2.03. The fourth-order valence-electron chi connectivity index (χ4n) is 2.16. The summed E-state index contributed by atoms with van der Waals surface area (Å²) in [4.78, 5) is 0. The largest absolute Gasteiger partial charge is 0.508 e. The number of phenols is 1. The van der Waals surface area contributed by atoms with Gasteiger partial charge in [0.15, 0.2) is 0 Å². The number of aromatic hydroxyl groups is 1. The zero-order chi connectivity index (χ0) is 13.1. The summed E-state index contributed by atoms with van der Waals surface area (Å²) in [7, 11) is 0. The lowest BCUT2D eigenvalue weighted by Gasteiger charge is -2.19. The molecule has 96 valence electrons. The van der Waals surface area contributed by atoms with Gasteiger partial charge >= 0.3 is 0 Å². The molecule has 3 heteroatoms. The Morgan fingerprint density at radius 3 is 2.50 bits per heavy atom. The van der Waals surface area contributed by atoms with Crippen molar-refractivity contribution in [1.29, 1.82) is 0 Å². The van der Waals surface area contributed by atoms with E-state index in [0.29, 0.717) is 6.42 Å². The quantitative estimate of drug-likeness (QED) is 0.776. The van der Waals surface area contributed by atoms with Gasteiger partial charge in [0.25, 0.3) is 0 Å². The van der Waals surface area contributed by atoms with Gasteiger partial charge in [-0.05, 0) is 41.0 Å². The average Bonchev–Trinajstić information content (AvgIpc) is 2.37. The van der Waals surface area contributed by atoms with E-state index >= 15 is 0 Å². The maximum absolute atomic E-state index is 9.92. The molecule has 2 atom stereocenters. The minimum atomic E-state index is -0.510. The predicted octanol–water partition coefficient (Wildman–Crippen LogP) is 2.71. The van der Waals surface area contributed by atoms with Crippen molar-refractivity contribution in [2.45, 2.75) is 31.9 Å². The van der Waals surface area contributed by atoms with E-state index in [1.807, 2.05) is 31.2 Å². The van der Waals surface area contributed by atoms with E-state index in [0.717, 1.165) is 22.8 Å². The number of aliphatic hydroxyl groups is 1. The second-order valence-corrected chi connectivity index (χ2v) is 4.67. The van der Waals surface area contributed by atoms with Crippen LogP contribution in [0.25, 0.3) is 10.8 Å². The molecule has 0 aromatic heterocycles. The van der Waals surface area contributed by atoms with Crippen molar-refractivity contribution in [3.63, 3.8) is 0 Å². The van der Waals surface area contributed by atoms with Crippen LogP contribution in [-0.4, -0.2) is 16.3 Å². The molecule has 0 heterocycles. The molecule has 0 aliphatic heterocycles. The Morgan fingerprint density at radius 2 is 1.78 bits per heavy atom. The molecule has 0 fully saturated rings. The Kier molecular flexibility index (Phi) is 3.84. The molecule has 0 radical (unpaired) electrons. The number of benzene rings is 2. The molecular weight excluding hydrogens is 226 g/mol. The van der Waals surface area contributed by atoms with Crippen LogP contribution in [0.15, 0.2) is 36.4 Å². The molecule has 0 spiro atoms. The molecule has 2 aromatic carbocycles. The Balaban J connectivity index is 2.32. The van der Waals surface area contributed by atoms with E-state index in [-0.39, 0.29) is 11.8 Å². The van der Waals surface area contributed by atoms with E-state index in [9.17, 15) is 10.2 Å². The molecule has 0 aliphatic carbocycles. The maximum atomic E-state index is 9.92. The molecule has 2 rings (SSSR count). The van der Waals surface area contributed by atoms with E-state index in [4.69, 9.17) is 5.73 Å². The summed E-state index contributed by atoms with van der Waals surface area (Å²) in [6.07, 6.45) is 1.11. The average molecular weight is 245 g/mol. The summed E-state index contributed by atoms with van der Waals surface area (Å²) < 4.78 is 0. The highest BCUT2D eigenvalue weighted by Gasteiger charge is 2.16. The van der Waals surface area contributed by atoms with Crippen molar-refractivity contribution in [2.75, 3.05) is 0 Å². The zero-order valence-corrected chi connectivity index (χ0v) is 10.5. The molecule has 4 N–H and O–H groups in total. The number of fused-ring (bicyclic) bond motifs is 1. The molecule has 0 bridgehead atoms. The van der Waals surface area contributed by atoms with Crippen molar-refractivity contribution in [1.82, 2.24) is 0 Å². The molecule has 0 saturated carbocycles. The molecule has 0 saturated heterocycles. The van der Waals surface area contributed by atoms with Gasteiger partial charge in [-0.2, -0.15) is 0 Å². The number of hydrogen-bond donors (Lipinski definition) is 3. The lowest BCUT2D eigenvalue weighted by Crippen LogP contribution is -2.25. The summed E-state index contributed by atoms with van der Waals surface area (Å²) >= 11 is 0. The second kappa shape index (κ2) is 5.38. The van der Waals surface area contributed by atoms with Crippen LogP contribution in [0.2, 0.25) is 0 Å². The lowest BCUT2D eigenvalue weighted by molar-refractivity contribution is 0.134. The number of hydrogen-bond acceptors (Lipinski definition) is 3. The van der Waals surface area contributed by atoms with Gasteiger partial charge in [-0.3, -0.25) is 0 Å². The SMILES string of the molecule is CCC[C@H](O)[C@H](N)c1ccc2cc(O)ccc2c1. The third-order valence-corrected chi connectivity index (χ3v) is 3.23. The third-order valence-electron chi connectivity index (χ3n) is 3.23. The van der Waals surface area contributed by atoms with Crippen LogP contribution in [0.5, 0.6) is 5.75 Å². The third kappa shape index (κ3) is 2.63. The Labute approximate surface area is 107 Å². The standard InChI is InChI=1S/C15H19NO2/c1-2-3-14(18)15(16)12-5-4-11-9-13(17)7-6-10(11)8-12/h4-9,14-15,17-18H,2-3,16H2,1H3/t14-,15+/m0/s1. The highest BCUT2D eigenvalue weighted by Crippen LogP contribution is 2.25. The molecule has 0 amide bonds. The van der Waals surface area contributed by atoms with Gasteiger partial charge in [0.2, 0.25) is 0 Å². The lowest BCUT2D eigenvalue weighted by atomic mass is 9.96. The fourth-order valence-corrected chi connectivity index (χ4v) is 2.16. The molecule has 3 nitrogen and oxygen atoms in total. The van der Waals surface area contributed by atoms with Crippen LogP contribution < -0.4 is 5.73 Å². The topological polar surface area (TPSA) is 66.5 Å². The predicted molar refractivity (Wildman–Crippen MR) is 73.5 cm³/mol. The summed E-state index contributed by atoms with van der Waals surface area (Å²) in [6, 6.07) is 10.7. The van der Waals surface area contributed by atoms with E-state index in [1.54, 1.807) is 12.1 Å². The monoisotopic (exact) mass is 245 g/mol. The molecule has 18 heavy (non-hydrogen) atoms. The molecular formula is C15H19NO2. The first-order valence-corrected chi connectivity index (χ1v) is 6.28. The summed E-state index contributed by atoms with van der Waals surface area (Å²) in [5, 5.41) is 21.3. The Bertz CT molecular complexity index is 539. The molecule has 0 unspecified atom stereocenters. The Morgan fingerprint density at radius 1 is 1.11 bits per heavy atom. The Hall–Kier alpha value is -1.58. The molecule has 0 aliphatic rings. The van der Waals surface area contributed by atoms with E-state index in [2.05, 4.69) is 0 Å². The maximum Gasteiger partial charge on any atom is 0.116 e. The second-order valence-electron chi connectivity index (χ2n) is 4.67. The first-order chi connectivity index (χ1) is 8.61. The highest BCUT2D eigenvalue weighted by atomic mass is 16.3. The number of nitrogens with two attached hydrogens (primary N) is 1. The van der Waals surface area contributed by atoms with Crippen LogP contribution in [0.3, 0.4) is 0 Å². The van der Waals surface area contributed by atoms with Crippen molar-refractivity contribution >= 4 is 10.8 Å².